The summed E-state index contributed by atoms with van der Waals surface area (Å²) in [5, 5.41) is 0.320. The minimum atomic E-state index is -3.05. The minimum absolute atomic E-state index is 0.0451. The van der Waals surface area contributed by atoms with Gasteiger partial charge in [-0.05, 0) is 25.5 Å². The zero-order valence-corrected chi connectivity index (χ0v) is 19.1. The third-order valence-electron chi connectivity index (χ3n) is 5.55. The molecule has 0 N–H and O–H groups in total. The maximum atomic E-state index is 13.0. The first kappa shape index (κ1) is 21.6. The van der Waals surface area contributed by atoms with E-state index >= 15 is 0 Å². The summed E-state index contributed by atoms with van der Waals surface area (Å²) in [7, 11) is -1.35. The lowest BCUT2D eigenvalue weighted by molar-refractivity contribution is -0.130. The summed E-state index contributed by atoms with van der Waals surface area (Å²) >= 11 is 1.39. The molecular weight excluding hydrogens is 430 g/mol. The van der Waals surface area contributed by atoms with E-state index in [1.165, 1.54) is 11.8 Å². The predicted molar refractivity (Wildman–Crippen MR) is 124 cm³/mol. The van der Waals surface area contributed by atoms with Gasteiger partial charge in [0.15, 0.2) is 15.0 Å². The van der Waals surface area contributed by atoms with Crippen LogP contribution in [-0.2, 0) is 14.6 Å². The van der Waals surface area contributed by atoms with Gasteiger partial charge in [-0.3, -0.25) is 9.36 Å². The van der Waals surface area contributed by atoms with Crippen LogP contribution in [0.1, 0.15) is 13.3 Å². The molecule has 0 aliphatic carbocycles. The molecule has 2 aromatic carbocycles. The minimum Gasteiger partial charge on any atom is -0.341 e. The van der Waals surface area contributed by atoms with Gasteiger partial charge in [-0.25, -0.2) is 13.4 Å². The lowest BCUT2D eigenvalue weighted by Gasteiger charge is -2.26. The second kappa shape index (κ2) is 8.88. The largest absolute Gasteiger partial charge is 0.341 e. The lowest BCUT2D eigenvalue weighted by Crippen LogP contribution is -2.41. The third-order valence-corrected chi connectivity index (χ3v) is 8.35. The number of sulfone groups is 1. The summed E-state index contributed by atoms with van der Waals surface area (Å²) in [5.74, 6) is 0.106. The maximum Gasteiger partial charge on any atom is 0.235 e. The average Bonchev–Trinajstić information content (AvgIpc) is 3.36. The van der Waals surface area contributed by atoms with Gasteiger partial charge in [0.25, 0.3) is 0 Å². The van der Waals surface area contributed by atoms with Crippen LogP contribution in [0.4, 0.5) is 0 Å². The van der Waals surface area contributed by atoms with Crippen LogP contribution < -0.4 is 0 Å². The summed E-state index contributed by atoms with van der Waals surface area (Å²) in [4.78, 5) is 19.3. The van der Waals surface area contributed by atoms with E-state index in [1.807, 2.05) is 73.8 Å². The lowest BCUT2D eigenvalue weighted by atomic mass is 10.1. The van der Waals surface area contributed by atoms with Gasteiger partial charge in [0.05, 0.1) is 28.6 Å². The topological polar surface area (TPSA) is 72.3 Å². The van der Waals surface area contributed by atoms with E-state index in [-0.39, 0.29) is 23.5 Å². The van der Waals surface area contributed by atoms with Crippen molar-refractivity contribution in [3.63, 3.8) is 0 Å². The fourth-order valence-electron chi connectivity index (χ4n) is 3.81. The molecule has 2 unspecified atom stereocenters. The number of hydrogen-bond acceptors (Lipinski definition) is 5. The number of benzene rings is 2. The van der Waals surface area contributed by atoms with E-state index in [9.17, 15) is 13.2 Å². The molecule has 31 heavy (non-hydrogen) atoms. The number of aromatic nitrogens is 2. The first-order valence-electron chi connectivity index (χ1n) is 10.2. The van der Waals surface area contributed by atoms with Crippen LogP contribution in [0, 0.1) is 0 Å². The number of nitrogens with zero attached hydrogens (tertiary/aromatic N) is 3. The Morgan fingerprint density at radius 2 is 1.77 bits per heavy atom. The molecule has 3 aromatic rings. The molecule has 8 heteroatoms. The van der Waals surface area contributed by atoms with Crippen molar-refractivity contribution in [3.05, 3.63) is 66.9 Å². The zero-order chi connectivity index (χ0) is 22.0. The van der Waals surface area contributed by atoms with E-state index < -0.39 is 15.1 Å². The maximum absolute atomic E-state index is 13.0. The first-order valence-corrected chi connectivity index (χ1v) is 12.9. The van der Waals surface area contributed by atoms with Crippen molar-refractivity contribution < 1.29 is 13.2 Å². The van der Waals surface area contributed by atoms with Crippen molar-refractivity contribution >= 4 is 27.5 Å². The second-order valence-corrected chi connectivity index (χ2v) is 11.3. The molecule has 0 saturated carbocycles. The molecule has 1 amide bonds. The van der Waals surface area contributed by atoms with Gasteiger partial charge in [0, 0.05) is 24.3 Å². The average molecular weight is 456 g/mol. The van der Waals surface area contributed by atoms with Crippen molar-refractivity contribution in [1.82, 2.24) is 14.5 Å². The Labute approximate surface area is 187 Å². The molecule has 0 spiro atoms. The predicted octanol–water partition coefficient (Wildman–Crippen LogP) is 3.67. The Morgan fingerprint density at radius 3 is 2.39 bits per heavy atom. The Hall–Kier alpha value is -2.58. The number of amides is 1. The summed E-state index contributed by atoms with van der Waals surface area (Å²) in [6.07, 6.45) is 2.33. The van der Waals surface area contributed by atoms with E-state index in [0.29, 0.717) is 6.42 Å². The monoisotopic (exact) mass is 455 g/mol. The number of hydrogen-bond donors (Lipinski definition) is 0. The van der Waals surface area contributed by atoms with E-state index in [4.69, 9.17) is 0 Å². The van der Waals surface area contributed by atoms with Gasteiger partial charge in [0.2, 0.25) is 5.91 Å². The molecule has 4 rings (SSSR count). The Bertz CT molecular complexity index is 1160. The van der Waals surface area contributed by atoms with Crippen LogP contribution >= 0.6 is 11.8 Å². The van der Waals surface area contributed by atoms with Crippen molar-refractivity contribution in [2.24, 2.45) is 0 Å². The highest BCUT2D eigenvalue weighted by Gasteiger charge is 2.34. The van der Waals surface area contributed by atoms with Crippen molar-refractivity contribution in [2.75, 3.05) is 18.6 Å². The molecule has 6 nitrogen and oxygen atoms in total. The summed E-state index contributed by atoms with van der Waals surface area (Å²) in [6.45, 7) is 1.85. The van der Waals surface area contributed by atoms with Crippen molar-refractivity contribution in [3.8, 4) is 16.9 Å². The van der Waals surface area contributed by atoms with E-state index in [0.717, 1.165) is 22.1 Å². The number of rotatable bonds is 6. The van der Waals surface area contributed by atoms with Crippen LogP contribution in [0.5, 0.6) is 0 Å². The molecular formula is C23H25N3O3S2. The van der Waals surface area contributed by atoms with Crippen LogP contribution in [0.25, 0.3) is 16.9 Å². The Balaban J connectivity index is 1.61. The van der Waals surface area contributed by atoms with Gasteiger partial charge in [0.1, 0.15) is 0 Å². The van der Waals surface area contributed by atoms with Crippen molar-refractivity contribution in [2.45, 2.75) is 29.8 Å². The molecule has 1 aromatic heterocycles. The van der Waals surface area contributed by atoms with Crippen LogP contribution in [0.15, 0.2) is 72.0 Å². The fraction of sp³-hybridized carbons (Fsp3) is 0.304. The highest BCUT2D eigenvalue weighted by Crippen LogP contribution is 2.32. The third kappa shape index (κ3) is 4.70. The quantitative estimate of drug-likeness (QED) is 0.531. The summed E-state index contributed by atoms with van der Waals surface area (Å²) in [5.41, 5.74) is 2.96. The second-order valence-electron chi connectivity index (χ2n) is 7.73. The molecule has 1 aliphatic heterocycles. The summed E-state index contributed by atoms with van der Waals surface area (Å²) < 4.78 is 25.7. The molecule has 162 valence electrons. The van der Waals surface area contributed by atoms with Gasteiger partial charge < -0.3 is 4.90 Å². The van der Waals surface area contributed by atoms with Crippen LogP contribution in [0.3, 0.4) is 0 Å². The highest BCUT2D eigenvalue weighted by molar-refractivity contribution is 8.00. The SMILES string of the molecule is CC(Sc1ncc(-c2ccccc2)n1-c1ccccc1)C(=O)N(C)C1CCS(=O)(=O)C1. The number of carbonyl (C=O) groups is 1. The number of para-hydroxylation sites is 1. The molecule has 1 fully saturated rings. The van der Waals surface area contributed by atoms with Crippen LogP contribution in [-0.4, -0.2) is 58.6 Å². The smallest absolute Gasteiger partial charge is 0.235 e. The normalized spacial score (nSPS) is 18.6. The molecule has 0 bridgehead atoms. The van der Waals surface area contributed by atoms with Gasteiger partial charge in [-0.1, -0.05) is 60.3 Å². The highest BCUT2D eigenvalue weighted by atomic mass is 32.2. The number of carbonyl (C=O) groups excluding carboxylic acids is 1. The van der Waals surface area contributed by atoms with E-state index in [1.54, 1.807) is 11.9 Å². The van der Waals surface area contributed by atoms with E-state index in [2.05, 4.69) is 9.55 Å². The summed E-state index contributed by atoms with van der Waals surface area (Å²) in [6, 6.07) is 19.7. The van der Waals surface area contributed by atoms with Gasteiger partial charge in [-0.2, -0.15) is 0 Å². The molecule has 2 heterocycles. The van der Waals surface area contributed by atoms with Crippen molar-refractivity contribution in [1.29, 1.82) is 0 Å². The fourth-order valence-corrected chi connectivity index (χ4v) is 6.59. The van der Waals surface area contributed by atoms with Gasteiger partial charge in [-0.15, -0.1) is 0 Å². The molecule has 0 radical (unpaired) electrons. The van der Waals surface area contributed by atoms with Crippen LogP contribution in [0.2, 0.25) is 0 Å². The molecule has 1 aliphatic rings. The number of imidazole rings is 1. The Kier molecular flexibility index (Phi) is 6.20. The van der Waals surface area contributed by atoms with Gasteiger partial charge >= 0.3 is 0 Å². The molecule has 1 saturated heterocycles. The zero-order valence-electron chi connectivity index (χ0n) is 17.5. The number of thioether (sulfide) groups is 1. The standard InChI is InChI=1S/C23H25N3O3S2/c1-17(22(27)25(2)20-13-14-31(28,29)16-20)30-23-24-15-21(18-9-5-3-6-10-18)26(23)19-11-7-4-8-12-19/h3-12,15,17,20H,13-14,16H2,1-2H3. The Morgan fingerprint density at radius 1 is 1.13 bits per heavy atom. The first-order chi connectivity index (χ1) is 14.9. The molecule has 2 atom stereocenters.